The Morgan fingerprint density at radius 1 is 1.38 bits per heavy atom. The Labute approximate surface area is 78.7 Å². The van der Waals surface area contributed by atoms with Crippen molar-refractivity contribution < 1.29 is 4.74 Å². The van der Waals surface area contributed by atoms with Crippen LogP contribution < -0.4 is 10.5 Å². The average molecular weight is 175 g/mol. The van der Waals surface area contributed by atoms with Crippen LogP contribution >= 0.6 is 0 Å². The fourth-order valence-electron chi connectivity index (χ4n) is 0.904. The van der Waals surface area contributed by atoms with E-state index < -0.39 is 0 Å². The lowest BCUT2D eigenvalue weighted by Gasteiger charge is -2.06. The Kier molecular flexibility index (Phi) is 3.87. The van der Waals surface area contributed by atoms with Crippen LogP contribution in [-0.2, 0) is 0 Å². The minimum atomic E-state index is -0.205. The molecule has 0 aliphatic rings. The van der Waals surface area contributed by atoms with Gasteiger partial charge in [0, 0.05) is 6.42 Å². The zero-order valence-corrected chi connectivity index (χ0v) is 7.44. The summed E-state index contributed by atoms with van der Waals surface area (Å²) in [5, 5.41) is 0. The van der Waals surface area contributed by atoms with E-state index in [0.717, 1.165) is 5.75 Å². The molecular weight excluding hydrogens is 162 g/mol. The molecule has 1 aromatic rings. The van der Waals surface area contributed by atoms with Gasteiger partial charge in [0.25, 0.3) is 0 Å². The van der Waals surface area contributed by atoms with Crippen LogP contribution in [0, 0.1) is 12.3 Å². The van der Waals surface area contributed by atoms with E-state index in [1.165, 1.54) is 0 Å². The van der Waals surface area contributed by atoms with Crippen molar-refractivity contribution in [3.05, 3.63) is 30.3 Å². The van der Waals surface area contributed by atoms with Crippen molar-refractivity contribution in [3.63, 3.8) is 0 Å². The lowest BCUT2D eigenvalue weighted by molar-refractivity contribution is 0.306. The van der Waals surface area contributed by atoms with E-state index in [9.17, 15) is 0 Å². The average Bonchev–Trinajstić information content (AvgIpc) is 2.19. The van der Waals surface area contributed by atoms with Gasteiger partial charge in [-0.15, -0.1) is 6.42 Å². The molecule has 0 amide bonds. The number of nitrogens with two attached hydrogens (primary N) is 1. The van der Waals surface area contributed by atoms with E-state index in [2.05, 4.69) is 5.92 Å². The summed E-state index contributed by atoms with van der Waals surface area (Å²) < 4.78 is 5.40. The molecule has 0 aromatic heterocycles. The Hall–Kier alpha value is -1.46. The van der Waals surface area contributed by atoms with Crippen LogP contribution in [0.15, 0.2) is 30.3 Å². The van der Waals surface area contributed by atoms with Gasteiger partial charge in [0.15, 0.2) is 0 Å². The highest BCUT2D eigenvalue weighted by atomic mass is 16.5. The maximum absolute atomic E-state index is 5.52. The lowest BCUT2D eigenvalue weighted by atomic mass is 10.2. The third-order valence-electron chi connectivity index (χ3n) is 1.65. The van der Waals surface area contributed by atoms with Crippen molar-refractivity contribution in [1.82, 2.24) is 0 Å². The second-order valence-electron chi connectivity index (χ2n) is 2.72. The minimum Gasteiger partial charge on any atom is -0.494 e. The molecule has 0 radical (unpaired) electrons. The molecule has 1 rings (SSSR count). The first-order chi connectivity index (χ1) is 6.33. The predicted molar refractivity (Wildman–Crippen MR) is 53.4 cm³/mol. The first-order valence-corrected chi connectivity index (χ1v) is 4.22. The Balaban J connectivity index is 2.25. The van der Waals surface area contributed by atoms with Gasteiger partial charge in [-0.2, -0.15) is 0 Å². The molecule has 0 spiro atoms. The van der Waals surface area contributed by atoms with Crippen molar-refractivity contribution in [2.45, 2.75) is 12.5 Å². The summed E-state index contributed by atoms with van der Waals surface area (Å²) in [7, 11) is 0. The van der Waals surface area contributed by atoms with Gasteiger partial charge in [0.05, 0.1) is 12.6 Å². The molecule has 1 aromatic carbocycles. The van der Waals surface area contributed by atoms with Gasteiger partial charge < -0.3 is 10.5 Å². The Bertz CT molecular complexity index is 276. The van der Waals surface area contributed by atoms with Crippen molar-refractivity contribution in [2.75, 3.05) is 6.61 Å². The summed E-state index contributed by atoms with van der Waals surface area (Å²) in [6, 6.07) is 9.40. The van der Waals surface area contributed by atoms with E-state index in [1.54, 1.807) is 0 Å². The maximum Gasteiger partial charge on any atom is 0.119 e. The number of terminal acetylenes is 1. The molecule has 0 heterocycles. The lowest BCUT2D eigenvalue weighted by Crippen LogP contribution is -2.20. The number of ether oxygens (including phenoxy) is 1. The summed E-state index contributed by atoms with van der Waals surface area (Å²) in [6.45, 7) is 0.565. The molecular formula is C11H13NO. The van der Waals surface area contributed by atoms with Crippen molar-refractivity contribution >= 4 is 0 Å². The highest BCUT2D eigenvalue weighted by Gasteiger charge is 1.97. The van der Waals surface area contributed by atoms with Crippen LogP contribution in [-0.4, -0.2) is 12.6 Å². The quantitative estimate of drug-likeness (QED) is 0.702. The molecule has 2 N–H and O–H groups in total. The second kappa shape index (κ2) is 5.23. The number of para-hydroxylation sites is 1. The number of hydrogen-bond acceptors (Lipinski definition) is 2. The smallest absolute Gasteiger partial charge is 0.119 e. The molecule has 2 nitrogen and oxygen atoms in total. The van der Waals surface area contributed by atoms with Gasteiger partial charge in [0.2, 0.25) is 0 Å². The van der Waals surface area contributed by atoms with E-state index in [4.69, 9.17) is 16.9 Å². The van der Waals surface area contributed by atoms with E-state index in [0.29, 0.717) is 13.0 Å². The SMILES string of the molecule is C#CC(N)CCOc1ccccc1. The number of hydrogen-bond donors (Lipinski definition) is 1. The second-order valence-corrected chi connectivity index (χ2v) is 2.72. The Morgan fingerprint density at radius 2 is 2.08 bits per heavy atom. The highest BCUT2D eigenvalue weighted by molar-refractivity contribution is 5.20. The zero-order valence-electron chi connectivity index (χ0n) is 7.44. The van der Waals surface area contributed by atoms with Gasteiger partial charge in [-0.05, 0) is 12.1 Å². The van der Waals surface area contributed by atoms with Crippen LogP contribution in [0.2, 0.25) is 0 Å². The first kappa shape index (κ1) is 9.63. The molecule has 0 saturated carbocycles. The van der Waals surface area contributed by atoms with E-state index >= 15 is 0 Å². The fraction of sp³-hybridized carbons (Fsp3) is 0.273. The maximum atomic E-state index is 5.52. The molecule has 68 valence electrons. The summed E-state index contributed by atoms with van der Waals surface area (Å²) in [5.74, 6) is 3.30. The highest BCUT2D eigenvalue weighted by Crippen LogP contribution is 2.08. The normalized spacial score (nSPS) is 11.7. The first-order valence-electron chi connectivity index (χ1n) is 4.22. The zero-order chi connectivity index (χ0) is 9.52. The van der Waals surface area contributed by atoms with Gasteiger partial charge in [-0.3, -0.25) is 0 Å². The molecule has 0 fully saturated rings. The third-order valence-corrected chi connectivity index (χ3v) is 1.65. The standard InChI is InChI=1S/C11H13NO/c1-2-10(12)8-9-13-11-6-4-3-5-7-11/h1,3-7,10H,8-9,12H2. The molecule has 2 heteroatoms. The summed E-state index contributed by atoms with van der Waals surface area (Å²) in [5.41, 5.74) is 5.52. The third kappa shape index (κ3) is 3.64. The molecule has 0 aliphatic heterocycles. The Morgan fingerprint density at radius 3 is 2.69 bits per heavy atom. The fourth-order valence-corrected chi connectivity index (χ4v) is 0.904. The van der Waals surface area contributed by atoms with Crippen molar-refractivity contribution in [2.24, 2.45) is 5.73 Å². The number of benzene rings is 1. The monoisotopic (exact) mass is 175 g/mol. The van der Waals surface area contributed by atoms with E-state index in [-0.39, 0.29) is 6.04 Å². The van der Waals surface area contributed by atoms with Gasteiger partial charge in [0.1, 0.15) is 5.75 Å². The predicted octanol–water partition coefficient (Wildman–Crippen LogP) is 1.42. The van der Waals surface area contributed by atoms with Crippen LogP contribution in [0.3, 0.4) is 0 Å². The molecule has 13 heavy (non-hydrogen) atoms. The van der Waals surface area contributed by atoms with Gasteiger partial charge in [-0.25, -0.2) is 0 Å². The van der Waals surface area contributed by atoms with Crippen LogP contribution in [0.1, 0.15) is 6.42 Å². The van der Waals surface area contributed by atoms with Crippen LogP contribution in [0.25, 0.3) is 0 Å². The summed E-state index contributed by atoms with van der Waals surface area (Å²) >= 11 is 0. The van der Waals surface area contributed by atoms with Crippen molar-refractivity contribution in [1.29, 1.82) is 0 Å². The van der Waals surface area contributed by atoms with Gasteiger partial charge >= 0.3 is 0 Å². The summed E-state index contributed by atoms with van der Waals surface area (Å²) in [6.07, 6.45) is 5.81. The topological polar surface area (TPSA) is 35.2 Å². The molecule has 0 saturated heterocycles. The molecule has 1 unspecified atom stereocenters. The van der Waals surface area contributed by atoms with E-state index in [1.807, 2.05) is 30.3 Å². The number of rotatable bonds is 4. The largest absolute Gasteiger partial charge is 0.494 e. The van der Waals surface area contributed by atoms with Crippen LogP contribution in [0.4, 0.5) is 0 Å². The van der Waals surface area contributed by atoms with Crippen LogP contribution in [0.5, 0.6) is 5.75 Å². The molecule has 1 atom stereocenters. The van der Waals surface area contributed by atoms with Gasteiger partial charge in [-0.1, -0.05) is 24.1 Å². The van der Waals surface area contributed by atoms with Crippen molar-refractivity contribution in [3.8, 4) is 18.1 Å². The molecule has 0 aliphatic carbocycles. The molecule has 0 bridgehead atoms. The summed E-state index contributed by atoms with van der Waals surface area (Å²) in [4.78, 5) is 0. The minimum absolute atomic E-state index is 0.205.